The van der Waals surface area contributed by atoms with Gasteiger partial charge in [0, 0.05) is 18.9 Å². The van der Waals surface area contributed by atoms with Crippen LogP contribution in [0.4, 0.5) is 0 Å². The van der Waals surface area contributed by atoms with Gasteiger partial charge < -0.3 is 15.5 Å². The van der Waals surface area contributed by atoms with Gasteiger partial charge in [-0.05, 0) is 25.9 Å². The highest BCUT2D eigenvalue weighted by Gasteiger charge is 2.18. The van der Waals surface area contributed by atoms with Crippen LogP contribution in [0.25, 0.3) is 0 Å². The van der Waals surface area contributed by atoms with Crippen molar-refractivity contribution in [3.05, 3.63) is 17.8 Å². The second kappa shape index (κ2) is 4.57. The lowest BCUT2D eigenvalue weighted by atomic mass is 9.95. The summed E-state index contributed by atoms with van der Waals surface area (Å²) >= 11 is 0. The Kier molecular flexibility index (Phi) is 3.16. The monoisotopic (exact) mass is 195 g/mol. The molecule has 2 heterocycles. The number of hydrogen-bond donors (Lipinski definition) is 2. The molecule has 0 amide bonds. The minimum atomic E-state index is 0.575. The lowest BCUT2D eigenvalue weighted by molar-refractivity contribution is 0.451. The third kappa shape index (κ3) is 2.13. The van der Waals surface area contributed by atoms with E-state index in [0.29, 0.717) is 12.5 Å². The second-order valence-corrected chi connectivity index (χ2v) is 3.73. The maximum absolute atomic E-state index is 5.44. The average molecular weight is 195 g/mol. The molecule has 4 nitrogen and oxygen atoms in total. The van der Waals surface area contributed by atoms with Crippen LogP contribution >= 0.6 is 0 Å². The van der Waals surface area contributed by atoms with Crippen molar-refractivity contribution in [2.75, 3.05) is 19.6 Å². The molecule has 3 N–H and O–H groups in total. The Morgan fingerprint density at radius 2 is 2.29 bits per heavy atom. The van der Waals surface area contributed by atoms with Gasteiger partial charge in [-0.1, -0.05) is 0 Å². The van der Waals surface area contributed by atoms with E-state index in [1.807, 2.05) is 0 Å². The molecule has 0 spiro atoms. The fraction of sp³-hybridized carbons (Fsp3) is 0.700. The first kappa shape index (κ1) is 9.68. The van der Waals surface area contributed by atoms with Crippen molar-refractivity contribution < 1.29 is 4.42 Å². The molecule has 1 aliphatic heterocycles. The van der Waals surface area contributed by atoms with E-state index in [1.165, 1.54) is 0 Å². The standard InChI is InChI=1S/C10H17N3O/c11-4-1-10-13-9(7-14-10)8-2-5-12-6-3-8/h7-8,12H,1-6,11H2. The van der Waals surface area contributed by atoms with E-state index in [-0.39, 0.29) is 0 Å². The smallest absolute Gasteiger partial charge is 0.195 e. The van der Waals surface area contributed by atoms with Gasteiger partial charge in [-0.25, -0.2) is 4.98 Å². The highest BCUT2D eigenvalue weighted by atomic mass is 16.3. The van der Waals surface area contributed by atoms with Crippen LogP contribution in [0, 0.1) is 0 Å². The summed E-state index contributed by atoms with van der Waals surface area (Å²) in [7, 11) is 0. The number of hydrogen-bond acceptors (Lipinski definition) is 4. The summed E-state index contributed by atoms with van der Waals surface area (Å²) in [6.07, 6.45) is 4.86. The van der Waals surface area contributed by atoms with Crippen molar-refractivity contribution in [1.29, 1.82) is 0 Å². The molecular weight excluding hydrogens is 178 g/mol. The van der Waals surface area contributed by atoms with E-state index < -0.39 is 0 Å². The molecule has 0 unspecified atom stereocenters. The van der Waals surface area contributed by atoms with Crippen LogP contribution in [0.2, 0.25) is 0 Å². The number of aromatic nitrogens is 1. The van der Waals surface area contributed by atoms with Gasteiger partial charge in [-0.2, -0.15) is 0 Å². The van der Waals surface area contributed by atoms with Crippen molar-refractivity contribution in [2.24, 2.45) is 5.73 Å². The maximum atomic E-state index is 5.44. The van der Waals surface area contributed by atoms with Crippen molar-refractivity contribution in [3.8, 4) is 0 Å². The van der Waals surface area contributed by atoms with Crippen LogP contribution in [0.1, 0.15) is 30.3 Å². The zero-order valence-corrected chi connectivity index (χ0v) is 8.33. The van der Waals surface area contributed by atoms with Crippen molar-refractivity contribution in [1.82, 2.24) is 10.3 Å². The van der Waals surface area contributed by atoms with E-state index >= 15 is 0 Å². The SMILES string of the molecule is NCCc1nc(C2CCNCC2)co1. The Labute approximate surface area is 83.9 Å². The molecule has 0 aromatic carbocycles. The lowest BCUT2D eigenvalue weighted by Gasteiger charge is -2.20. The summed E-state index contributed by atoms with van der Waals surface area (Å²) in [4.78, 5) is 4.45. The van der Waals surface area contributed by atoms with E-state index in [2.05, 4.69) is 10.3 Å². The zero-order valence-electron chi connectivity index (χ0n) is 8.33. The van der Waals surface area contributed by atoms with Crippen molar-refractivity contribution in [3.63, 3.8) is 0 Å². The van der Waals surface area contributed by atoms with Crippen molar-refractivity contribution >= 4 is 0 Å². The number of nitrogens with zero attached hydrogens (tertiary/aromatic N) is 1. The van der Waals surface area contributed by atoms with Crippen LogP contribution < -0.4 is 11.1 Å². The molecule has 1 aromatic rings. The number of rotatable bonds is 3. The molecule has 0 aliphatic carbocycles. The molecule has 4 heteroatoms. The summed E-state index contributed by atoms with van der Waals surface area (Å²) in [6, 6.07) is 0. The zero-order chi connectivity index (χ0) is 9.80. The van der Waals surface area contributed by atoms with E-state index in [4.69, 9.17) is 10.2 Å². The van der Waals surface area contributed by atoms with Crippen LogP contribution in [0.5, 0.6) is 0 Å². The molecule has 1 aromatic heterocycles. The Morgan fingerprint density at radius 1 is 1.50 bits per heavy atom. The van der Waals surface area contributed by atoms with Gasteiger partial charge in [0.2, 0.25) is 0 Å². The third-order valence-corrected chi connectivity index (χ3v) is 2.69. The minimum Gasteiger partial charge on any atom is -0.449 e. The first-order chi connectivity index (χ1) is 6.90. The first-order valence-corrected chi connectivity index (χ1v) is 5.25. The van der Waals surface area contributed by atoms with E-state index in [0.717, 1.165) is 43.9 Å². The Hall–Kier alpha value is -0.870. The molecule has 1 saturated heterocycles. The fourth-order valence-corrected chi connectivity index (χ4v) is 1.87. The molecule has 78 valence electrons. The predicted molar refractivity (Wildman–Crippen MR) is 54.1 cm³/mol. The van der Waals surface area contributed by atoms with Gasteiger partial charge >= 0.3 is 0 Å². The molecule has 0 bridgehead atoms. The number of nitrogens with one attached hydrogen (secondary N) is 1. The molecule has 0 atom stereocenters. The summed E-state index contributed by atoms with van der Waals surface area (Å²) in [5, 5.41) is 3.34. The molecule has 1 fully saturated rings. The minimum absolute atomic E-state index is 0.575. The summed E-state index contributed by atoms with van der Waals surface area (Å²) in [5.74, 6) is 1.35. The van der Waals surface area contributed by atoms with Gasteiger partial charge in [-0.15, -0.1) is 0 Å². The molecule has 2 rings (SSSR count). The summed E-state index contributed by atoms with van der Waals surface area (Å²) < 4.78 is 5.35. The van der Waals surface area contributed by atoms with Crippen LogP contribution in [0.15, 0.2) is 10.7 Å². The van der Waals surface area contributed by atoms with Gasteiger partial charge in [0.1, 0.15) is 6.26 Å². The number of piperidine rings is 1. The maximum Gasteiger partial charge on any atom is 0.195 e. The fourth-order valence-electron chi connectivity index (χ4n) is 1.87. The summed E-state index contributed by atoms with van der Waals surface area (Å²) in [6.45, 7) is 2.78. The first-order valence-electron chi connectivity index (χ1n) is 5.25. The normalized spacial score (nSPS) is 18.6. The van der Waals surface area contributed by atoms with Crippen LogP contribution in [0.3, 0.4) is 0 Å². The van der Waals surface area contributed by atoms with Crippen molar-refractivity contribution in [2.45, 2.75) is 25.2 Å². The average Bonchev–Trinajstić information content (AvgIpc) is 2.68. The van der Waals surface area contributed by atoms with Gasteiger partial charge in [0.05, 0.1) is 5.69 Å². The van der Waals surface area contributed by atoms with Gasteiger partial charge in [0.15, 0.2) is 5.89 Å². The number of oxazole rings is 1. The Bertz CT molecular complexity index is 279. The Morgan fingerprint density at radius 3 is 3.00 bits per heavy atom. The molecule has 0 saturated carbocycles. The van der Waals surface area contributed by atoms with Gasteiger partial charge in [0.25, 0.3) is 0 Å². The second-order valence-electron chi connectivity index (χ2n) is 3.73. The highest BCUT2D eigenvalue weighted by molar-refractivity contribution is 5.05. The van der Waals surface area contributed by atoms with E-state index in [9.17, 15) is 0 Å². The number of nitrogens with two attached hydrogens (primary N) is 1. The molecule has 0 radical (unpaired) electrons. The quantitative estimate of drug-likeness (QED) is 0.743. The largest absolute Gasteiger partial charge is 0.449 e. The third-order valence-electron chi connectivity index (χ3n) is 2.69. The lowest BCUT2D eigenvalue weighted by Crippen LogP contribution is -2.26. The Balaban J connectivity index is 2.00. The topological polar surface area (TPSA) is 64.1 Å². The van der Waals surface area contributed by atoms with Crippen LogP contribution in [-0.2, 0) is 6.42 Å². The highest BCUT2D eigenvalue weighted by Crippen LogP contribution is 2.24. The van der Waals surface area contributed by atoms with Gasteiger partial charge in [-0.3, -0.25) is 0 Å². The predicted octanol–water partition coefficient (Wildman–Crippen LogP) is 0.643. The summed E-state index contributed by atoms with van der Waals surface area (Å²) in [5.41, 5.74) is 6.54. The molecular formula is C10H17N3O. The van der Waals surface area contributed by atoms with Crippen LogP contribution in [-0.4, -0.2) is 24.6 Å². The molecule has 14 heavy (non-hydrogen) atoms. The molecule has 1 aliphatic rings. The van der Waals surface area contributed by atoms with E-state index in [1.54, 1.807) is 6.26 Å².